The zero-order valence-corrected chi connectivity index (χ0v) is 9.67. The monoisotopic (exact) mass is 214 g/mol. The second kappa shape index (κ2) is 4.60. The smallest absolute Gasteiger partial charge is 0.225 e. The van der Waals surface area contributed by atoms with E-state index in [9.17, 15) is 0 Å². The Kier molecular flexibility index (Phi) is 3.69. The van der Waals surface area contributed by atoms with Gasteiger partial charge in [-0.05, 0) is 31.4 Å². The summed E-state index contributed by atoms with van der Waals surface area (Å²) in [7, 11) is 0. The molecule has 0 bridgehead atoms. The Labute approximate surface area is 89.5 Å². The van der Waals surface area contributed by atoms with Crippen molar-refractivity contribution in [2.45, 2.75) is 39.7 Å². The molecule has 0 atom stereocenters. The Morgan fingerprint density at radius 1 is 1.21 bits per heavy atom. The molecule has 1 rings (SSSR count). The Morgan fingerprint density at radius 2 is 1.86 bits per heavy atom. The maximum Gasteiger partial charge on any atom is 0.225 e. The van der Waals surface area contributed by atoms with E-state index in [1.807, 2.05) is 19.9 Å². The molecular formula is C10H15ClN2O. The number of hydrogen-bond acceptors (Lipinski definition) is 3. The highest BCUT2D eigenvalue weighted by atomic mass is 35.5. The van der Waals surface area contributed by atoms with E-state index in [2.05, 4.69) is 23.8 Å². The van der Waals surface area contributed by atoms with E-state index in [4.69, 9.17) is 16.3 Å². The molecule has 0 unspecified atom stereocenters. The first kappa shape index (κ1) is 11.2. The van der Waals surface area contributed by atoms with E-state index < -0.39 is 0 Å². The highest BCUT2D eigenvalue weighted by Crippen LogP contribution is 2.19. The molecule has 0 N–H and O–H groups in total. The lowest BCUT2D eigenvalue weighted by molar-refractivity contribution is 0.232. The quantitative estimate of drug-likeness (QED) is 0.726. The lowest BCUT2D eigenvalue weighted by atomic mass is 10.1. The van der Waals surface area contributed by atoms with Crippen LogP contribution in [0.4, 0.5) is 0 Å². The molecule has 0 aliphatic carbocycles. The van der Waals surface area contributed by atoms with Gasteiger partial charge in [-0.15, -0.1) is 0 Å². The van der Waals surface area contributed by atoms with E-state index in [1.165, 1.54) is 0 Å². The third-order valence-electron chi connectivity index (χ3n) is 1.64. The van der Waals surface area contributed by atoms with Crippen molar-refractivity contribution in [1.82, 2.24) is 9.97 Å². The van der Waals surface area contributed by atoms with Gasteiger partial charge in [-0.1, -0.05) is 13.8 Å². The third-order valence-corrected chi connectivity index (χ3v) is 1.81. The summed E-state index contributed by atoms with van der Waals surface area (Å²) in [5, 5.41) is 0.242. The van der Waals surface area contributed by atoms with Gasteiger partial charge in [0.15, 0.2) is 0 Å². The molecule has 0 aliphatic rings. The van der Waals surface area contributed by atoms with E-state index in [1.54, 1.807) is 0 Å². The minimum absolute atomic E-state index is 0.0981. The molecule has 0 radical (unpaired) electrons. The Balaban J connectivity index is 2.95. The van der Waals surface area contributed by atoms with Crippen LogP contribution in [0.5, 0.6) is 5.88 Å². The molecule has 0 aliphatic heterocycles. The molecule has 0 fully saturated rings. The first-order valence-corrected chi connectivity index (χ1v) is 5.08. The molecule has 0 amide bonds. The average molecular weight is 215 g/mol. The normalized spacial score (nSPS) is 11.1. The van der Waals surface area contributed by atoms with Crippen molar-refractivity contribution < 1.29 is 4.74 Å². The summed E-state index contributed by atoms with van der Waals surface area (Å²) in [6.45, 7) is 8.01. The number of aromatic nitrogens is 2. The van der Waals surface area contributed by atoms with Gasteiger partial charge in [0.1, 0.15) is 0 Å². The molecule has 78 valence electrons. The van der Waals surface area contributed by atoms with E-state index >= 15 is 0 Å². The number of rotatable bonds is 3. The van der Waals surface area contributed by atoms with Gasteiger partial charge >= 0.3 is 0 Å². The number of ether oxygens (including phenoxy) is 1. The van der Waals surface area contributed by atoms with Crippen molar-refractivity contribution in [3.05, 3.63) is 17.0 Å². The summed E-state index contributed by atoms with van der Waals surface area (Å²) < 4.78 is 5.45. The average Bonchev–Trinajstić information content (AvgIpc) is 2.01. The summed E-state index contributed by atoms with van der Waals surface area (Å²) in [5.41, 5.74) is 0.903. The fourth-order valence-electron chi connectivity index (χ4n) is 1.01. The van der Waals surface area contributed by atoms with Crippen molar-refractivity contribution in [2.24, 2.45) is 0 Å². The number of hydrogen-bond donors (Lipinski definition) is 0. The highest BCUT2D eigenvalue weighted by molar-refractivity contribution is 6.28. The summed E-state index contributed by atoms with van der Waals surface area (Å²) in [5.74, 6) is 0.869. The van der Waals surface area contributed by atoms with Crippen LogP contribution in [0, 0.1) is 0 Å². The van der Waals surface area contributed by atoms with Crippen LogP contribution in [-0.2, 0) is 0 Å². The van der Waals surface area contributed by atoms with Crippen LogP contribution in [0.25, 0.3) is 0 Å². The zero-order valence-electron chi connectivity index (χ0n) is 8.91. The second-order valence-corrected chi connectivity index (χ2v) is 4.06. The molecule has 0 spiro atoms. The summed E-state index contributed by atoms with van der Waals surface area (Å²) in [6.07, 6.45) is 0.0981. The Morgan fingerprint density at radius 3 is 2.36 bits per heavy atom. The number of nitrogens with zero attached hydrogens (tertiary/aromatic N) is 2. The van der Waals surface area contributed by atoms with Gasteiger partial charge in [-0.2, -0.15) is 4.98 Å². The van der Waals surface area contributed by atoms with Gasteiger partial charge in [-0.3, -0.25) is 0 Å². The van der Waals surface area contributed by atoms with E-state index in [0.29, 0.717) is 11.8 Å². The van der Waals surface area contributed by atoms with Crippen molar-refractivity contribution >= 4 is 11.6 Å². The van der Waals surface area contributed by atoms with Crippen molar-refractivity contribution in [3.8, 4) is 5.88 Å². The molecule has 1 heterocycles. The molecule has 0 aromatic carbocycles. The fraction of sp³-hybridized carbons (Fsp3) is 0.600. The summed E-state index contributed by atoms with van der Waals surface area (Å²) in [6, 6.07) is 1.83. The molecule has 14 heavy (non-hydrogen) atoms. The summed E-state index contributed by atoms with van der Waals surface area (Å²) >= 11 is 5.78. The van der Waals surface area contributed by atoms with E-state index in [-0.39, 0.29) is 11.4 Å². The van der Waals surface area contributed by atoms with E-state index in [0.717, 1.165) is 5.69 Å². The third kappa shape index (κ3) is 3.14. The van der Waals surface area contributed by atoms with Crippen LogP contribution in [0.3, 0.4) is 0 Å². The van der Waals surface area contributed by atoms with Gasteiger partial charge < -0.3 is 4.74 Å². The van der Waals surface area contributed by atoms with Gasteiger partial charge in [0.25, 0.3) is 0 Å². The largest absolute Gasteiger partial charge is 0.475 e. The highest BCUT2D eigenvalue weighted by Gasteiger charge is 2.08. The minimum Gasteiger partial charge on any atom is -0.475 e. The first-order chi connectivity index (χ1) is 6.49. The minimum atomic E-state index is 0.0981. The molecular weight excluding hydrogens is 200 g/mol. The topological polar surface area (TPSA) is 35.0 Å². The predicted molar refractivity (Wildman–Crippen MR) is 56.9 cm³/mol. The maximum atomic E-state index is 5.78. The van der Waals surface area contributed by atoms with Crippen molar-refractivity contribution in [1.29, 1.82) is 0 Å². The van der Waals surface area contributed by atoms with Crippen molar-refractivity contribution in [3.63, 3.8) is 0 Å². The molecule has 0 saturated carbocycles. The maximum absolute atomic E-state index is 5.78. The van der Waals surface area contributed by atoms with Crippen LogP contribution in [0.2, 0.25) is 5.28 Å². The zero-order chi connectivity index (χ0) is 10.7. The van der Waals surface area contributed by atoms with Crippen LogP contribution < -0.4 is 4.74 Å². The van der Waals surface area contributed by atoms with Gasteiger partial charge in [0.2, 0.25) is 11.2 Å². The SMILES string of the molecule is CC(C)Oc1cc(C(C)C)nc(Cl)n1. The lowest BCUT2D eigenvalue weighted by Crippen LogP contribution is -2.08. The molecule has 1 aromatic heterocycles. The summed E-state index contributed by atoms with van der Waals surface area (Å²) in [4.78, 5) is 8.10. The second-order valence-electron chi connectivity index (χ2n) is 3.72. The Hall–Kier alpha value is -0.830. The number of halogens is 1. The predicted octanol–water partition coefficient (Wildman–Crippen LogP) is 3.04. The molecule has 3 nitrogen and oxygen atoms in total. The van der Waals surface area contributed by atoms with Gasteiger partial charge in [-0.25, -0.2) is 4.98 Å². The van der Waals surface area contributed by atoms with Crippen LogP contribution in [0.1, 0.15) is 39.3 Å². The fourth-order valence-corrected chi connectivity index (χ4v) is 1.19. The van der Waals surface area contributed by atoms with Crippen molar-refractivity contribution in [2.75, 3.05) is 0 Å². The van der Waals surface area contributed by atoms with Gasteiger partial charge in [0, 0.05) is 6.07 Å². The standard InChI is InChI=1S/C10H15ClN2O/c1-6(2)8-5-9(14-7(3)4)13-10(11)12-8/h5-7H,1-4H3. The van der Waals surface area contributed by atoms with Crippen LogP contribution >= 0.6 is 11.6 Å². The van der Waals surface area contributed by atoms with Crippen LogP contribution in [0.15, 0.2) is 6.07 Å². The van der Waals surface area contributed by atoms with Gasteiger partial charge in [0.05, 0.1) is 11.8 Å². The lowest BCUT2D eigenvalue weighted by Gasteiger charge is -2.11. The molecule has 1 aromatic rings. The molecule has 0 saturated heterocycles. The molecule has 4 heteroatoms. The Bertz CT molecular complexity index is 313. The first-order valence-electron chi connectivity index (χ1n) is 4.70. The van der Waals surface area contributed by atoms with Crippen LogP contribution in [-0.4, -0.2) is 16.1 Å².